The van der Waals surface area contributed by atoms with E-state index in [1.54, 1.807) is 0 Å². The predicted molar refractivity (Wildman–Crippen MR) is 73.0 cm³/mol. The Hall–Kier alpha value is -0.830. The molecule has 1 N–H and O–H groups in total. The van der Waals surface area contributed by atoms with E-state index in [2.05, 4.69) is 57.3 Å². The van der Waals surface area contributed by atoms with Crippen molar-refractivity contribution in [3.63, 3.8) is 0 Å². The Kier molecular flexibility index (Phi) is 5.69. The number of nitrogens with one attached hydrogen (secondary N) is 1. The van der Waals surface area contributed by atoms with Crippen LogP contribution in [0.1, 0.15) is 59.2 Å². The molecule has 0 radical (unpaired) electrons. The Morgan fingerprint density at radius 1 is 1.24 bits per heavy atom. The van der Waals surface area contributed by atoms with Gasteiger partial charge in [0.15, 0.2) is 0 Å². The predicted octanol–water partition coefficient (Wildman–Crippen LogP) is 3.38. The fraction of sp³-hybridized carbons (Fsp3) is 0.786. The van der Waals surface area contributed by atoms with Gasteiger partial charge in [-0.2, -0.15) is 5.10 Å². The van der Waals surface area contributed by atoms with Gasteiger partial charge in [-0.25, -0.2) is 0 Å². The van der Waals surface area contributed by atoms with Crippen LogP contribution in [0.4, 0.5) is 0 Å². The van der Waals surface area contributed by atoms with E-state index < -0.39 is 0 Å². The number of hydrogen-bond donors (Lipinski definition) is 1. The zero-order chi connectivity index (χ0) is 12.8. The second kappa shape index (κ2) is 6.80. The fourth-order valence-electron chi connectivity index (χ4n) is 2.19. The molecule has 0 aromatic carbocycles. The van der Waals surface area contributed by atoms with Crippen LogP contribution in [-0.2, 0) is 6.54 Å². The highest BCUT2D eigenvalue weighted by atomic mass is 15.3. The first-order chi connectivity index (χ1) is 8.08. The molecule has 98 valence electrons. The molecule has 0 aliphatic carbocycles. The van der Waals surface area contributed by atoms with E-state index in [1.807, 2.05) is 4.68 Å². The van der Waals surface area contributed by atoms with Crippen molar-refractivity contribution >= 4 is 0 Å². The quantitative estimate of drug-likeness (QED) is 0.788. The molecule has 17 heavy (non-hydrogen) atoms. The molecule has 1 aromatic heterocycles. The van der Waals surface area contributed by atoms with Gasteiger partial charge >= 0.3 is 0 Å². The maximum atomic E-state index is 4.55. The smallest absolute Gasteiger partial charge is 0.0762 e. The minimum Gasteiger partial charge on any atom is -0.308 e. The van der Waals surface area contributed by atoms with Crippen LogP contribution in [0.15, 0.2) is 12.3 Å². The summed E-state index contributed by atoms with van der Waals surface area (Å²) in [5, 5.41) is 8.12. The van der Waals surface area contributed by atoms with E-state index in [0.717, 1.165) is 18.2 Å². The van der Waals surface area contributed by atoms with E-state index in [4.69, 9.17) is 0 Å². The van der Waals surface area contributed by atoms with Gasteiger partial charge in [0, 0.05) is 24.8 Å². The maximum Gasteiger partial charge on any atom is 0.0762 e. The van der Waals surface area contributed by atoms with Crippen molar-refractivity contribution in [3.05, 3.63) is 18.0 Å². The van der Waals surface area contributed by atoms with Gasteiger partial charge in [-0.3, -0.25) is 4.68 Å². The molecular formula is C14H27N3. The van der Waals surface area contributed by atoms with Crippen LogP contribution in [0, 0.1) is 5.92 Å². The first-order valence-corrected chi connectivity index (χ1v) is 6.85. The molecule has 0 bridgehead atoms. The number of hydrogen-bond acceptors (Lipinski definition) is 2. The highest BCUT2D eigenvalue weighted by Crippen LogP contribution is 2.13. The van der Waals surface area contributed by atoms with E-state index in [0.29, 0.717) is 12.1 Å². The summed E-state index contributed by atoms with van der Waals surface area (Å²) < 4.78 is 2.01. The van der Waals surface area contributed by atoms with E-state index in [-0.39, 0.29) is 0 Å². The minimum absolute atomic E-state index is 0.445. The lowest BCUT2D eigenvalue weighted by Crippen LogP contribution is -2.32. The first-order valence-electron chi connectivity index (χ1n) is 6.85. The van der Waals surface area contributed by atoms with Gasteiger partial charge in [0.25, 0.3) is 0 Å². The van der Waals surface area contributed by atoms with Crippen molar-refractivity contribution in [1.82, 2.24) is 15.1 Å². The summed E-state index contributed by atoms with van der Waals surface area (Å²) in [4.78, 5) is 0. The Balaban J connectivity index is 2.44. The zero-order valence-corrected chi connectivity index (χ0v) is 11.9. The van der Waals surface area contributed by atoms with Gasteiger partial charge < -0.3 is 5.32 Å². The third-order valence-corrected chi connectivity index (χ3v) is 3.55. The topological polar surface area (TPSA) is 29.9 Å². The zero-order valence-electron chi connectivity index (χ0n) is 11.9. The van der Waals surface area contributed by atoms with E-state index >= 15 is 0 Å². The molecule has 0 aliphatic rings. The molecule has 1 heterocycles. The molecule has 0 amide bonds. The number of aromatic nitrogens is 2. The van der Waals surface area contributed by atoms with E-state index in [1.165, 1.54) is 12.8 Å². The Morgan fingerprint density at radius 3 is 2.35 bits per heavy atom. The van der Waals surface area contributed by atoms with Crippen LogP contribution >= 0.6 is 0 Å². The lowest BCUT2D eigenvalue weighted by molar-refractivity contribution is 0.351. The number of nitrogens with zero attached hydrogens (tertiary/aromatic N) is 2. The van der Waals surface area contributed by atoms with Crippen molar-refractivity contribution in [2.24, 2.45) is 5.92 Å². The summed E-state index contributed by atoms with van der Waals surface area (Å²) in [7, 11) is 0. The molecule has 0 saturated heterocycles. The molecule has 0 fully saturated rings. The maximum absolute atomic E-state index is 4.55. The summed E-state index contributed by atoms with van der Waals surface area (Å²) in [6.07, 6.45) is 4.54. The number of rotatable bonds is 7. The van der Waals surface area contributed by atoms with Crippen LogP contribution in [0.5, 0.6) is 0 Å². The van der Waals surface area contributed by atoms with Crippen molar-refractivity contribution < 1.29 is 0 Å². The average Bonchev–Trinajstić information content (AvgIpc) is 2.76. The van der Waals surface area contributed by atoms with Gasteiger partial charge in [0.1, 0.15) is 0 Å². The molecule has 1 aromatic rings. The summed E-state index contributed by atoms with van der Waals surface area (Å²) in [6.45, 7) is 12.0. The Labute approximate surface area is 106 Å². The van der Waals surface area contributed by atoms with Crippen LogP contribution in [-0.4, -0.2) is 15.8 Å². The SMILES string of the molecule is CCC(CC)C(C)NCc1ccn(C(C)C)n1. The molecule has 1 unspecified atom stereocenters. The fourth-order valence-corrected chi connectivity index (χ4v) is 2.19. The minimum atomic E-state index is 0.445. The van der Waals surface area contributed by atoms with Crippen molar-refractivity contribution in [3.8, 4) is 0 Å². The molecule has 1 rings (SSSR count). The van der Waals surface area contributed by atoms with Gasteiger partial charge in [0.2, 0.25) is 0 Å². The van der Waals surface area contributed by atoms with Gasteiger partial charge in [-0.05, 0) is 32.8 Å². The summed E-state index contributed by atoms with van der Waals surface area (Å²) in [6, 6.07) is 3.11. The van der Waals surface area contributed by atoms with Gasteiger partial charge in [0.05, 0.1) is 5.69 Å². The average molecular weight is 237 g/mol. The summed E-state index contributed by atoms with van der Waals surface area (Å²) in [5.41, 5.74) is 1.14. The van der Waals surface area contributed by atoms with Crippen molar-refractivity contribution in [2.45, 2.75) is 66.1 Å². The normalized spacial score (nSPS) is 13.6. The highest BCUT2D eigenvalue weighted by Gasteiger charge is 2.13. The lowest BCUT2D eigenvalue weighted by Gasteiger charge is -2.22. The van der Waals surface area contributed by atoms with Crippen LogP contribution in [0.3, 0.4) is 0 Å². The Bertz CT molecular complexity index is 313. The van der Waals surface area contributed by atoms with Crippen molar-refractivity contribution in [1.29, 1.82) is 0 Å². The van der Waals surface area contributed by atoms with E-state index in [9.17, 15) is 0 Å². The molecule has 0 aliphatic heterocycles. The molecular weight excluding hydrogens is 210 g/mol. The third kappa shape index (κ3) is 4.15. The summed E-state index contributed by atoms with van der Waals surface area (Å²) >= 11 is 0. The molecule has 1 atom stereocenters. The summed E-state index contributed by atoms with van der Waals surface area (Å²) in [5.74, 6) is 0.766. The second-order valence-electron chi connectivity index (χ2n) is 5.13. The monoisotopic (exact) mass is 237 g/mol. The van der Waals surface area contributed by atoms with Crippen molar-refractivity contribution in [2.75, 3.05) is 0 Å². The van der Waals surface area contributed by atoms with Gasteiger partial charge in [-0.1, -0.05) is 26.7 Å². The third-order valence-electron chi connectivity index (χ3n) is 3.55. The standard InChI is InChI=1S/C14H27N3/c1-6-13(7-2)12(5)15-10-14-8-9-17(16-14)11(3)4/h8-9,11-13,15H,6-7,10H2,1-5H3. The molecule has 3 nitrogen and oxygen atoms in total. The van der Waals surface area contributed by atoms with Crippen LogP contribution in [0.2, 0.25) is 0 Å². The molecule has 0 spiro atoms. The highest BCUT2D eigenvalue weighted by molar-refractivity contribution is 4.99. The Morgan fingerprint density at radius 2 is 1.88 bits per heavy atom. The first kappa shape index (κ1) is 14.2. The largest absolute Gasteiger partial charge is 0.308 e. The van der Waals surface area contributed by atoms with Gasteiger partial charge in [-0.15, -0.1) is 0 Å². The lowest BCUT2D eigenvalue weighted by atomic mass is 9.95. The molecule has 3 heteroatoms. The second-order valence-corrected chi connectivity index (χ2v) is 5.13. The van der Waals surface area contributed by atoms with Crippen LogP contribution < -0.4 is 5.32 Å². The molecule has 0 saturated carbocycles. The van der Waals surface area contributed by atoms with Crippen LogP contribution in [0.25, 0.3) is 0 Å².